The van der Waals surface area contributed by atoms with Gasteiger partial charge >= 0.3 is 6.03 Å². The molecule has 0 aliphatic carbocycles. The van der Waals surface area contributed by atoms with Crippen LogP contribution in [0.4, 0.5) is 20.6 Å². The van der Waals surface area contributed by atoms with E-state index in [0.29, 0.717) is 16.3 Å². The maximum atomic E-state index is 13.3. The number of aryl methyl sites for hydroxylation is 2. The summed E-state index contributed by atoms with van der Waals surface area (Å²) in [5.74, 6) is -0.284. The number of benzene rings is 1. The summed E-state index contributed by atoms with van der Waals surface area (Å²) >= 11 is 6.29. The van der Waals surface area contributed by atoms with Crippen LogP contribution in [0.5, 0.6) is 0 Å². The number of nitrogens with one attached hydrogen (secondary N) is 2. The molecule has 138 valence electrons. The maximum Gasteiger partial charge on any atom is 0.319 e. The second-order valence-electron chi connectivity index (χ2n) is 6.61. The monoisotopic (exact) mass is 376 g/mol. The third kappa shape index (κ3) is 4.25. The molecule has 0 bridgehead atoms. The smallest absolute Gasteiger partial charge is 0.319 e. The number of carbonyl (C=O) groups is 1. The number of amides is 2. The van der Waals surface area contributed by atoms with Crippen molar-refractivity contribution in [1.29, 1.82) is 0 Å². The van der Waals surface area contributed by atoms with E-state index in [4.69, 9.17) is 11.6 Å². The van der Waals surface area contributed by atoms with Crippen LogP contribution >= 0.6 is 11.6 Å². The maximum absolute atomic E-state index is 13.3. The number of hydrogen-bond acceptors (Lipinski definition) is 3. The third-order valence-corrected chi connectivity index (χ3v) is 4.89. The van der Waals surface area contributed by atoms with Gasteiger partial charge in [-0.3, -0.25) is 4.98 Å². The fraction of sp³-hybridized carbons (Fsp3) is 0.368. The summed E-state index contributed by atoms with van der Waals surface area (Å²) < 4.78 is 13.3. The lowest BCUT2D eigenvalue weighted by molar-refractivity contribution is 0.246. The number of urea groups is 1. The fourth-order valence-electron chi connectivity index (χ4n) is 3.25. The predicted molar refractivity (Wildman–Crippen MR) is 103 cm³/mol. The standard InChI is InChI=1S/C19H22ClFN4O/c1-12-9-15(3-4-17(12)21)24-19(26)23-14-5-7-25(8-6-14)18-13(2)10-22-11-16(18)20/h3-4,9-11,14H,5-8H2,1-2H3,(H2,23,24,26). The van der Waals surface area contributed by atoms with Gasteiger partial charge in [0.15, 0.2) is 0 Å². The van der Waals surface area contributed by atoms with Gasteiger partial charge in [-0.15, -0.1) is 0 Å². The minimum absolute atomic E-state index is 0.0914. The van der Waals surface area contributed by atoms with Crippen molar-refractivity contribution in [2.45, 2.75) is 32.7 Å². The largest absolute Gasteiger partial charge is 0.370 e. The summed E-state index contributed by atoms with van der Waals surface area (Å²) in [6.07, 6.45) is 5.12. The molecule has 1 fully saturated rings. The zero-order chi connectivity index (χ0) is 18.7. The summed E-state index contributed by atoms with van der Waals surface area (Å²) in [5, 5.41) is 6.40. The van der Waals surface area contributed by atoms with Crippen LogP contribution in [0.1, 0.15) is 24.0 Å². The lowest BCUT2D eigenvalue weighted by Crippen LogP contribution is -2.46. The Morgan fingerprint density at radius 3 is 2.62 bits per heavy atom. The topological polar surface area (TPSA) is 57.3 Å². The summed E-state index contributed by atoms with van der Waals surface area (Å²) in [5.41, 5.74) is 3.15. The molecule has 0 radical (unpaired) electrons. The van der Waals surface area contributed by atoms with Crippen molar-refractivity contribution >= 4 is 29.0 Å². The van der Waals surface area contributed by atoms with Gasteiger partial charge < -0.3 is 15.5 Å². The van der Waals surface area contributed by atoms with Crippen molar-refractivity contribution in [3.63, 3.8) is 0 Å². The van der Waals surface area contributed by atoms with Crippen LogP contribution in [-0.4, -0.2) is 30.1 Å². The highest BCUT2D eigenvalue weighted by atomic mass is 35.5. The van der Waals surface area contributed by atoms with Gasteiger partial charge in [0.1, 0.15) is 5.82 Å². The molecule has 1 aliphatic rings. The minimum atomic E-state index is -0.284. The Balaban J connectivity index is 1.53. The van der Waals surface area contributed by atoms with Crippen LogP contribution in [0.15, 0.2) is 30.6 Å². The van der Waals surface area contributed by atoms with Gasteiger partial charge in [-0.05, 0) is 56.0 Å². The summed E-state index contributed by atoms with van der Waals surface area (Å²) in [6.45, 7) is 5.29. The molecule has 0 atom stereocenters. The van der Waals surface area contributed by atoms with Gasteiger partial charge in [0.25, 0.3) is 0 Å². The van der Waals surface area contributed by atoms with Crippen molar-refractivity contribution < 1.29 is 9.18 Å². The fourth-order valence-corrected chi connectivity index (χ4v) is 3.57. The number of carbonyl (C=O) groups excluding carboxylic acids is 1. The first-order chi connectivity index (χ1) is 12.4. The second kappa shape index (κ2) is 7.91. The molecule has 3 rings (SSSR count). The zero-order valence-corrected chi connectivity index (χ0v) is 15.6. The lowest BCUT2D eigenvalue weighted by atomic mass is 10.0. The molecule has 1 aliphatic heterocycles. The molecule has 1 saturated heterocycles. The van der Waals surface area contributed by atoms with Crippen LogP contribution in [0.3, 0.4) is 0 Å². The molecule has 1 aromatic carbocycles. The van der Waals surface area contributed by atoms with Crippen LogP contribution in [0, 0.1) is 19.7 Å². The normalized spacial score (nSPS) is 15.0. The van der Waals surface area contributed by atoms with Crippen molar-refractivity contribution in [2.75, 3.05) is 23.3 Å². The van der Waals surface area contributed by atoms with E-state index in [-0.39, 0.29) is 17.9 Å². The highest BCUT2D eigenvalue weighted by Gasteiger charge is 2.23. The number of aromatic nitrogens is 1. The zero-order valence-electron chi connectivity index (χ0n) is 14.9. The molecule has 2 aromatic rings. The number of halogens is 2. The average molecular weight is 377 g/mol. The van der Waals surface area contributed by atoms with Gasteiger partial charge in [-0.25, -0.2) is 9.18 Å². The van der Waals surface area contributed by atoms with Gasteiger partial charge in [0.2, 0.25) is 0 Å². The van der Waals surface area contributed by atoms with Crippen LogP contribution in [0.2, 0.25) is 5.02 Å². The Morgan fingerprint density at radius 1 is 1.23 bits per heavy atom. The third-order valence-electron chi connectivity index (χ3n) is 4.62. The van der Waals surface area contributed by atoms with Crippen molar-refractivity contribution in [3.05, 3.63) is 52.6 Å². The molecule has 0 unspecified atom stereocenters. The van der Waals surface area contributed by atoms with Gasteiger partial charge in [-0.2, -0.15) is 0 Å². The Hall–Kier alpha value is -2.34. The molecular formula is C19H22ClFN4O. The first kappa shape index (κ1) is 18.5. The Kier molecular flexibility index (Phi) is 5.61. The summed E-state index contributed by atoms with van der Waals surface area (Å²) in [4.78, 5) is 18.5. The molecule has 0 saturated carbocycles. The van der Waals surface area contributed by atoms with E-state index >= 15 is 0 Å². The Labute approximate surface area is 157 Å². The molecule has 2 amide bonds. The van der Waals surface area contributed by atoms with Crippen molar-refractivity contribution in [1.82, 2.24) is 10.3 Å². The van der Waals surface area contributed by atoms with Crippen LogP contribution in [-0.2, 0) is 0 Å². The van der Waals surface area contributed by atoms with E-state index in [1.54, 1.807) is 25.3 Å². The van der Waals surface area contributed by atoms with Crippen LogP contribution < -0.4 is 15.5 Å². The molecule has 7 heteroatoms. The average Bonchev–Trinajstić information content (AvgIpc) is 2.59. The molecule has 2 heterocycles. The molecule has 5 nitrogen and oxygen atoms in total. The molecule has 2 N–H and O–H groups in total. The summed E-state index contributed by atoms with van der Waals surface area (Å²) in [6, 6.07) is 4.34. The Bertz CT molecular complexity index is 786. The number of pyridine rings is 1. The van der Waals surface area contributed by atoms with E-state index < -0.39 is 0 Å². The Morgan fingerprint density at radius 2 is 1.96 bits per heavy atom. The molecule has 26 heavy (non-hydrogen) atoms. The first-order valence-electron chi connectivity index (χ1n) is 8.63. The second-order valence-corrected chi connectivity index (χ2v) is 7.02. The summed E-state index contributed by atoms with van der Waals surface area (Å²) in [7, 11) is 0. The van der Waals surface area contributed by atoms with Crippen LogP contribution in [0.25, 0.3) is 0 Å². The van der Waals surface area contributed by atoms with Gasteiger partial charge in [0, 0.05) is 37.2 Å². The van der Waals surface area contributed by atoms with Gasteiger partial charge in [-0.1, -0.05) is 11.6 Å². The quantitative estimate of drug-likeness (QED) is 0.840. The molecule has 0 spiro atoms. The predicted octanol–water partition coefficient (Wildman–Crippen LogP) is 4.28. The van der Waals surface area contributed by atoms with E-state index in [2.05, 4.69) is 20.5 Å². The first-order valence-corrected chi connectivity index (χ1v) is 9.00. The van der Waals surface area contributed by atoms with Crippen molar-refractivity contribution in [2.24, 2.45) is 0 Å². The van der Waals surface area contributed by atoms with E-state index in [9.17, 15) is 9.18 Å². The molecule has 1 aromatic heterocycles. The lowest BCUT2D eigenvalue weighted by Gasteiger charge is -2.35. The molecular weight excluding hydrogens is 355 g/mol. The number of rotatable bonds is 3. The number of piperidine rings is 1. The van der Waals surface area contributed by atoms with E-state index in [1.165, 1.54) is 6.07 Å². The number of nitrogens with zero attached hydrogens (tertiary/aromatic N) is 2. The van der Waals surface area contributed by atoms with Crippen molar-refractivity contribution in [3.8, 4) is 0 Å². The SMILES string of the molecule is Cc1cc(NC(=O)NC2CCN(c3c(C)cncc3Cl)CC2)ccc1F. The van der Waals surface area contributed by atoms with Gasteiger partial charge in [0.05, 0.1) is 10.7 Å². The minimum Gasteiger partial charge on any atom is -0.370 e. The number of hydrogen-bond donors (Lipinski definition) is 2. The highest BCUT2D eigenvalue weighted by Crippen LogP contribution is 2.30. The van der Waals surface area contributed by atoms with E-state index in [0.717, 1.165) is 37.2 Å². The number of anilines is 2. The van der Waals surface area contributed by atoms with E-state index in [1.807, 2.05) is 13.1 Å². The highest BCUT2D eigenvalue weighted by molar-refractivity contribution is 6.33.